The molecular formula is C19H19Cl2N3O3. The van der Waals surface area contributed by atoms with E-state index >= 15 is 0 Å². The van der Waals surface area contributed by atoms with Crippen LogP contribution in [0, 0.1) is 0 Å². The average Bonchev–Trinajstić information content (AvgIpc) is 2.68. The highest BCUT2D eigenvalue weighted by atomic mass is 35.5. The number of hydrogen-bond acceptors (Lipinski definition) is 4. The van der Waals surface area contributed by atoms with Crippen LogP contribution < -0.4 is 10.1 Å². The summed E-state index contributed by atoms with van der Waals surface area (Å²) >= 11 is 11.8. The third-order valence-electron chi connectivity index (χ3n) is 4.33. The lowest BCUT2D eigenvalue weighted by atomic mass is 10.0. The van der Waals surface area contributed by atoms with Crippen LogP contribution in [0.15, 0.2) is 42.7 Å². The molecule has 3 rings (SSSR count). The molecule has 2 amide bonds. The molecule has 0 atom stereocenters. The lowest BCUT2D eigenvalue weighted by molar-refractivity contribution is -0.124. The van der Waals surface area contributed by atoms with Gasteiger partial charge in [-0.15, -0.1) is 0 Å². The van der Waals surface area contributed by atoms with Crippen molar-refractivity contribution in [2.45, 2.75) is 18.9 Å². The Balaban J connectivity index is 1.43. The highest BCUT2D eigenvalue weighted by molar-refractivity contribution is 6.35. The monoisotopic (exact) mass is 407 g/mol. The molecule has 0 saturated carbocycles. The second-order valence-electron chi connectivity index (χ2n) is 6.23. The summed E-state index contributed by atoms with van der Waals surface area (Å²) in [6, 6.07) is 8.26. The van der Waals surface area contributed by atoms with Crippen molar-refractivity contribution in [3.8, 4) is 5.75 Å². The number of likely N-dealkylation sites (tertiary alicyclic amines) is 1. The number of benzene rings is 1. The lowest BCUT2D eigenvalue weighted by Gasteiger charge is -2.32. The maximum Gasteiger partial charge on any atom is 0.258 e. The van der Waals surface area contributed by atoms with Crippen LogP contribution in [0.3, 0.4) is 0 Å². The normalized spacial score (nSPS) is 14.7. The number of ether oxygens (including phenoxy) is 1. The molecule has 1 fully saturated rings. The van der Waals surface area contributed by atoms with Gasteiger partial charge < -0.3 is 15.0 Å². The summed E-state index contributed by atoms with van der Waals surface area (Å²) < 4.78 is 5.44. The fourth-order valence-electron chi connectivity index (χ4n) is 2.91. The minimum atomic E-state index is -0.222. The first-order valence-corrected chi connectivity index (χ1v) is 9.35. The SMILES string of the molecule is O=C(COc1ccc(Cl)cc1Cl)NC1CCN(C(=O)c2ccncc2)CC1. The standard InChI is InChI=1S/C19H19Cl2N3O3/c20-14-1-2-17(16(21)11-14)27-12-18(25)23-15-5-9-24(10-6-15)19(26)13-3-7-22-8-4-13/h1-4,7-8,11,15H,5-6,9-10,12H2,(H,23,25). The molecule has 1 aliphatic rings. The van der Waals surface area contributed by atoms with Crippen molar-refractivity contribution in [1.29, 1.82) is 0 Å². The molecule has 6 nitrogen and oxygen atoms in total. The van der Waals surface area contributed by atoms with Gasteiger partial charge in [-0.05, 0) is 43.2 Å². The number of hydrogen-bond donors (Lipinski definition) is 1. The van der Waals surface area contributed by atoms with Crippen LogP contribution in [-0.4, -0.2) is 47.4 Å². The van der Waals surface area contributed by atoms with Crippen LogP contribution in [-0.2, 0) is 4.79 Å². The third-order valence-corrected chi connectivity index (χ3v) is 4.86. The van der Waals surface area contributed by atoms with E-state index in [9.17, 15) is 9.59 Å². The first-order chi connectivity index (χ1) is 13.0. The maximum atomic E-state index is 12.4. The van der Waals surface area contributed by atoms with E-state index in [1.54, 1.807) is 47.6 Å². The molecule has 27 heavy (non-hydrogen) atoms. The van der Waals surface area contributed by atoms with E-state index in [1.807, 2.05) is 0 Å². The van der Waals surface area contributed by atoms with Gasteiger partial charge in [-0.3, -0.25) is 14.6 Å². The number of nitrogens with zero attached hydrogens (tertiary/aromatic N) is 2. The summed E-state index contributed by atoms with van der Waals surface area (Å²) in [6.07, 6.45) is 4.61. The molecule has 0 unspecified atom stereocenters. The lowest BCUT2D eigenvalue weighted by Crippen LogP contribution is -2.47. The van der Waals surface area contributed by atoms with Gasteiger partial charge in [0.1, 0.15) is 5.75 Å². The van der Waals surface area contributed by atoms with Crippen LogP contribution in [0.2, 0.25) is 10.0 Å². The quantitative estimate of drug-likeness (QED) is 0.825. The second kappa shape index (κ2) is 9.06. The number of carbonyl (C=O) groups is 2. The number of nitrogens with one attached hydrogen (secondary N) is 1. The Morgan fingerprint density at radius 1 is 1.15 bits per heavy atom. The molecule has 0 bridgehead atoms. The summed E-state index contributed by atoms with van der Waals surface area (Å²) in [6.45, 7) is 1.06. The number of aromatic nitrogens is 1. The Morgan fingerprint density at radius 2 is 1.85 bits per heavy atom. The zero-order valence-electron chi connectivity index (χ0n) is 14.5. The van der Waals surface area contributed by atoms with Gasteiger partial charge >= 0.3 is 0 Å². The fourth-order valence-corrected chi connectivity index (χ4v) is 3.37. The summed E-state index contributed by atoms with van der Waals surface area (Å²) in [5.74, 6) is 0.178. The van der Waals surface area contributed by atoms with E-state index < -0.39 is 0 Å². The Kier molecular flexibility index (Phi) is 6.53. The Bertz CT molecular complexity index is 809. The molecular weight excluding hydrogens is 389 g/mol. The molecule has 2 heterocycles. The highest BCUT2D eigenvalue weighted by Crippen LogP contribution is 2.27. The van der Waals surface area contributed by atoms with Crippen molar-refractivity contribution >= 4 is 35.0 Å². The fraction of sp³-hybridized carbons (Fsp3) is 0.316. The summed E-state index contributed by atoms with van der Waals surface area (Å²) in [7, 11) is 0. The maximum absolute atomic E-state index is 12.4. The van der Waals surface area contributed by atoms with Crippen molar-refractivity contribution in [3.63, 3.8) is 0 Å². The Morgan fingerprint density at radius 3 is 2.52 bits per heavy atom. The predicted octanol–water partition coefficient (Wildman–Crippen LogP) is 3.19. The van der Waals surface area contributed by atoms with E-state index in [1.165, 1.54) is 0 Å². The van der Waals surface area contributed by atoms with Gasteiger partial charge in [-0.25, -0.2) is 0 Å². The Hall–Kier alpha value is -2.31. The number of carbonyl (C=O) groups excluding carboxylic acids is 2. The molecule has 0 aliphatic carbocycles. The molecule has 0 radical (unpaired) electrons. The smallest absolute Gasteiger partial charge is 0.258 e. The summed E-state index contributed by atoms with van der Waals surface area (Å²) in [5.41, 5.74) is 0.626. The molecule has 1 aromatic heterocycles. The summed E-state index contributed by atoms with van der Waals surface area (Å²) in [5, 5.41) is 3.80. The van der Waals surface area contributed by atoms with E-state index in [4.69, 9.17) is 27.9 Å². The van der Waals surface area contributed by atoms with Gasteiger partial charge in [0.05, 0.1) is 5.02 Å². The van der Waals surface area contributed by atoms with Crippen LogP contribution in [0.4, 0.5) is 0 Å². The molecule has 0 spiro atoms. The van der Waals surface area contributed by atoms with E-state index in [-0.39, 0.29) is 24.5 Å². The molecule has 2 aromatic rings. The molecule has 1 saturated heterocycles. The van der Waals surface area contributed by atoms with Gasteiger partial charge in [0.15, 0.2) is 6.61 Å². The topological polar surface area (TPSA) is 71.5 Å². The number of pyridine rings is 1. The zero-order valence-corrected chi connectivity index (χ0v) is 16.0. The molecule has 1 aliphatic heterocycles. The molecule has 8 heteroatoms. The van der Waals surface area contributed by atoms with Gasteiger partial charge in [0.2, 0.25) is 0 Å². The molecule has 1 N–H and O–H groups in total. The van der Waals surface area contributed by atoms with Crippen molar-refractivity contribution < 1.29 is 14.3 Å². The van der Waals surface area contributed by atoms with Gasteiger partial charge in [-0.1, -0.05) is 23.2 Å². The molecule has 142 valence electrons. The van der Waals surface area contributed by atoms with Crippen molar-refractivity contribution in [2.24, 2.45) is 0 Å². The average molecular weight is 408 g/mol. The number of rotatable bonds is 5. The molecule has 1 aromatic carbocycles. The number of amides is 2. The van der Waals surface area contributed by atoms with Gasteiger partial charge in [0.25, 0.3) is 11.8 Å². The minimum absolute atomic E-state index is 0.0112. The van der Waals surface area contributed by atoms with Gasteiger partial charge in [-0.2, -0.15) is 0 Å². The highest BCUT2D eigenvalue weighted by Gasteiger charge is 2.24. The Labute approximate surface area is 167 Å². The predicted molar refractivity (Wildman–Crippen MR) is 103 cm³/mol. The van der Waals surface area contributed by atoms with E-state index in [2.05, 4.69) is 10.3 Å². The van der Waals surface area contributed by atoms with Crippen LogP contribution in [0.1, 0.15) is 23.2 Å². The van der Waals surface area contributed by atoms with Crippen molar-refractivity contribution in [1.82, 2.24) is 15.2 Å². The number of halogens is 2. The van der Waals surface area contributed by atoms with Crippen molar-refractivity contribution in [3.05, 3.63) is 58.3 Å². The first-order valence-electron chi connectivity index (χ1n) is 8.59. The van der Waals surface area contributed by atoms with E-state index in [0.717, 1.165) is 0 Å². The first kappa shape index (κ1) is 19.5. The van der Waals surface area contributed by atoms with E-state index in [0.29, 0.717) is 47.3 Å². The third kappa shape index (κ3) is 5.34. The van der Waals surface area contributed by atoms with Crippen LogP contribution >= 0.6 is 23.2 Å². The minimum Gasteiger partial charge on any atom is -0.482 e. The van der Waals surface area contributed by atoms with Crippen LogP contribution in [0.25, 0.3) is 0 Å². The number of piperidine rings is 1. The largest absolute Gasteiger partial charge is 0.482 e. The second-order valence-corrected chi connectivity index (χ2v) is 7.08. The zero-order chi connectivity index (χ0) is 19.2. The summed E-state index contributed by atoms with van der Waals surface area (Å²) in [4.78, 5) is 30.2. The van der Waals surface area contributed by atoms with Crippen molar-refractivity contribution in [2.75, 3.05) is 19.7 Å². The van der Waals surface area contributed by atoms with Gasteiger partial charge in [0, 0.05) is 42.1 Å². The van der Waals surface area contributed by atoms with Crippen LogP contribution in [0.5, 0.6) is 5.75 Å².